The Labute approximate surface area is 114 Å². The van der Waals surface area contributed by atoms with E-state index in [-0.39, 0.29) is 5.91 Å². The maximum Gasteiger partial charge on any atom is 0.239 e. The zero-order valence-corrected chi connectivity index (χ0v) is 11.9. The van der Waals surface area contributed by atoms with Crippen LogP contribution in [-0.2, 0) is 11.3 Å². The lowest BCUT2D eigenvalue weighted by atomic mass is 10.0. The third kappa shape index (κ3) is 4.31. The van der Waals surface area contributed by atoms with Gasteiger partial charge >= 0.3 is 0 Å². The number of hydrogen-bond donors (Lipinski definition) is 1. The molecular weight excluding hydrogens is 248 g/mol. The Hall–Kier alpha value is -1.06. The van der Waals surface area contributed by atoms with Gasteiger partial charge in [-0.15, -0.1) is 0 Å². The van der Waals surface area contributed by atoms with Gasteiger partial charge < -0.3 is 10.6 Å². The lowest BCUT2D eigenvalue weighted by Gasteiger charge is -2.22. The van der Waals surface area contributed by atoms with E-state index in [0.29, 0.717) is 23.9 Å². The van der Waals surface area contributed by atoms with Crippen molar-refractivity contribution in [3.05, 3.63) is 34.9 Å². The van der Waals surface area contributed by atoms with E-state index in [0.717, 1.165) is 5.56 Å². The summed E-state index contributed by atoms with van der Waals surface area (Å²) in [4.78, 5) is 13.7. The first kappa shape index (κ1) is 15.0. The highest BCUT2D eigenvalue weighted by Crippen LogP contribution is 2.17. The summed E-state index contributed by atoms with van der Waals surface area (Å²) in [6.45, 7) is 4.60. The molecule has 0 spiro atoms. The molecule has 0 saturated carbocycles. The number of halogens is 1. The van der Waals surface area contributed by atoms with Crippen LogP contribution < -0.4 is 5.73 Å². The van der Waals surface area contributed by atoms with Gasteiger partial charge in [-0.2, -0.15) is 0 Å². The van der Waals surface area contributed by atoms with Crippen molar-refractivity contribution in [1.29, 1.82) is 0 Å². The first-order valence-corrected chi connectivity index (χ1v) is 6.53. The molecular formula is C14H21ClN2O. The largest absolute Gasteiger partial charge is 0.340 e. The number of carbonyl (C=O) groups excluding carboxylic acids is 1. The molecule has 0 heterocycles. The summed E-state index contributed by atoms with van der Waals surface area (Å²) >= 11 is 6.07. The van der Waals surface area contributed by atoms with Gasteiger partial charge in [0, 0.05) is 18.6 Å². The highest BCUT2D eigenvalue weighted by atomic mass is 35.5. The number of likely N-dealkylation sites (N-methyl/N-ethyl adjacent to an activating group) is 1. The minimum Gasteiger partial charge on any atom is -0.340 e. The Kier molecular flexibility index (Phi) is 5.63. The van der Waals surface area contributed by atoms with Crippen molar-refractivity contribution in [1.82, 2.24) is 4.90 Å². The maximum absolute atomic E-state index is 12.1. The number of nitrogens with zero attached hydrogens (tertiary/aromatic N) is 1. The average Bonchev–Trinajstić information content (AvgIpc) is 2.30. The molecule has 0 aliphatic carbocycles. The second-order valence-electron chi connectivity index (χ2n) is 5.02. The highest BCUT2D eigenvalue weighted by Gasteiger charge is 2.19. The summed E-state index contributed by atoms with van der Waals surface area (Å²) in [5.41, 5.74) is 6.82. The van der Waals surface area contributed by atoms with Crippen molar-refractivity contribution in [2.75, 3.05) is 7.05 Å². The molecule has 0 aromatic heterocycles. The fourth-order valence-electron chi connectivity index (χ4n) is 1.85. The van der Waals surface area contributed by atoms with E-state index < -0.39 is 6.04 Å². The summed E-state index contributed by atoms with van der Waals surface area (Å²) in [5, 5.41) is 0.676. The van der Waals surface area contributed by atoms with Crippen molar-refractivity contribution < 1.29 is 4.79 Å². The number of carbonyl (C=O) groups is 1. The lowest BCUT2D eigenvalue weighted by Crippen LogP contribution is -2.42. The van der Waals surface area contributed by atoms with Crippen LogP contribution in [0.1, 0.15) is 25.8 Å². The van der Waals surface area contributed by atoms with Gasteiger partial charge in [-0.25, -0.2) is 0 Å². The molecule has 18 heavy (non-hydrogen) atoms. The van der Waals surface area contributed by atoms with Crippen molar-refractivity contribution in [3.63, 3.8) is 0 Å². The first-order chi connectivity index (χ1) is 8.41. The van der Waals surface area contributed by atoms with Gasteiger partial charge in [0.25, 0.3) is 0 Å². The molecule has 0 fully saturated rings. The first-order valence-electron chi connectivity index (χ1n) is 6.15. The lowest BCUT2D eigenvalue weighted by molar-refractivity contribution is -0.132. The fraction of sp³-hybridized carbons (Fsp3) is 0.500. The van der Waals surface area contributed by atoms with Crippen LogP contribution in [0.15, 0.2) is 24.3 Å². The summed E-state index contributed by atoms with van der Waals surface area (Å²) in [6, 6.07) is 7.09. The number of nitrogens with two attached hydrogens (primary N) is 1. The summed E-state index contributed by atoms with van der Waals surface area (Å²) in [7, 11) is 1.76. The Morgan fingerprint density at radius 1 is 1.39 bits per heavy atom. The summed E-state index contributed by atoms with van der Waals surface area (Å²) in [6.07, 6.45) is 0.700. The van der Waals surface area contributed by atoms with Crippen LogP contribution in [0.5, 0.6) is 0 Å². The molecule has 1 aromatic rings. The maximum atomic E-state index is 12.1. The Bertz CT molecular complexity index is 407. The molecule has 0 aliphatic heterocycles. The molecule has 0 unspecified atom stereocenters. The quantitative estimate of drug-likeness (QED) is 0.892. The summed E-state index contributed by atoms with van der Waals surface area (Å²) < 4.78 is 0. The Balaban J connectivity index is 2.63. The van der Waals surface area contributed by atoms with Gasteiger partial charge in [0.15, 0.2) is 0 Å². The third-order valence-corrected chi connectivity index (χ3v) is 3.15. The molecule has 0 saturated heterocycles. The number of rotatable bonds is 5. The zero-order chi connectivity index (χ0) is 13.7. The van der Waals surface area contributed by atoms with Crippen molar-refractivity contribution >= 4 is 17.5 Å². The van der Waals surface area contributed by atoms with E-state index in [9.17, 15) is 4.79 Å². The molecule has 1 aromatic carbocycles. The van der Waals surface area contributed by atoms with Crippen LogP contribution >= 0.6 is 11.6 Å². The second-order valence-corrected chi connectivity index (χ2v) is 5.43. The zero-order valence-electron chi connectivity index (χ0n) is 11.2. The van der Waals surface area contributed by atoms with Gasteiger partial charge in [0.05, 0.1) is 6.04 Å². The van der Waals surface area contributed by atoms with E-state index in [1.165, 1.54) is 0 Å². The monoisotopic (exact) mass is 268 g/mol. The predicted octanol–water partition coefficient (Wildman–Crippen LogP) is 2.67. The van der Waals surface area contributed by atoms with E-state index in [4.69, 9.17) is 17.3 Å². The summed E-state index contributed by atoms with van der Waals surface area (Å²) in [5.74, 6) is 0.376. The SMILES string of the molecule is CC(C)C[C@H](N)C(=O)N(C)Cc1ccccc1Cl. The molecule has 0 radical (unpaired) electrons. The molecule has 1 amide bonds. The topological polar surface area (TPSA) is 46.3 Å². The van der Waals surface area contributed by atoms with Crippen LogP contribution in [0.25, 0.3) is 0 Å². The number of benzene rings is 1. The minimum absolute atomic E-state index is 0.0383. The van der Waals surface area contributed by atoms with E-state index in [1.807, 2.05) is 24.3 Å². The van der Waals surface area contributed by atoms with Gasteiger partial charge in [-0.1, -0.05) is 43.6 Å². The predicted molar refractivity (Wildman–Crippen MR) is 75.4 cm³/mol. The molecule has 2 N–H and O–H groups in total. The van der Waals surface area contributed by atoms with Crippen molar-refractivity contribution in [3.8, 4) is 0 Å². The molecule has 100 valence electrons. The molecule has 0 bridgehead atoms. The number of amides is 1. The van der Waals surface area contributed by atoms with E-state index >= 15 is 0 Å². The van der Waals surface area contributed by atoms with Crippen molar-refractivity contribution in [2.45, 2.75) is 32.9 Å². The van der Waals surface area contributed by atoms with E-state index in [1.54, 1.807) is 11.9 Å². The normalized spacial score (nSPS) is 12.6. The van der Waals surface area contributed by atoms with Gasteiger partial charge in [0.2, 0.25) is 5.91 Å². The smallest absolute Gasteiger partial charge is 0.239 e. The molecule has 0 aliphatic rings. The van der Waals surface area contributed by atoms with Crippen LogP contribution in [-0.4, -0.2) is 23.9 Å². The molecule has 3 nitrogen and oxygen atoms in total. The Morgan fingerprint density at radius 2 is 2.00 bits per heavy atom. The molecule has 1 atom stereocenters. The van der Waals surface area contributed by atoms with E-state index in [2.05, 4.69) is 13.8 Å². The Morgan fingerprint density at radius 3 is 2.56 bits per heavy atom. The second kappa shape index (κ2) is 6.76. The average molecular weight is 269 g/mol. The van der Waals surface area contributed by atoms with Crippen LogP contribution in [0.4, 0.5) is 0 Å². The fourth-order valence-corrected chi connectivity index (χ4v) is 2.05. The minimum atomic E-state index is -0.433. The standard InChI is InChI=1S/C14H21ClN2O/c1-10(2)8-13(16)14(18)17(3)9-11-6-4-5-7-12(11)15/h4-7,10,13H,8-9,16H2,1-3H3/t13-/m0/s1. The van der Waals surface area contributed by atoms with Crippen LogP contribution in [0.2, 0.25) is 5.02 Å². The third-order valence-electron chi connectivity index (χ3n) is 2.78. The molecule has 1 rings (SSSR count). The van der Waals surface area contributed by atoms with Crippen LogP contribution in [0, 0.1) is 5.92 Å². The van der Waals surface area contributed by atoms with Crippen LogP contribution in [0.3, 0.4) is 0 Å². The number of hydrogen-bond acceptors (Lipinski definition) is 2. The molecule has 4 heteroatoms. The highest BCUT2D eigenvalue weighted by molar-refractivity contribution is 6.31. The van der Waals surface area contributed by atoms with Gasteiger partial charge in [-0.05, 0) is 24.0 Å². The van der Waals surface area contributed by atoms with Gasteiger partial charge in [-0.3, -0.25) is 4.79 Å². The van der Waals surface area contributed by atoms with Gasteiger partial charge in [0.1, 0.15) is 0 Å². The van der Waals surface area contributed by atoms with Crippen molar-refractivity contribution in [2.24, 2.45) is 11.7 Å².